The minimum Gasteiger partial charge on any atom is -0.493 e. The van der Waals surface area contributed by atoms with Gasteiger partial charge in [-0.2, -0.15) is 5.26 Å². The Kier molecular flexibility index (Phi) is 8.21. The molecule has 4 aromatic rings. The van der Waals surface area contributed by atoms with Crippen LogP contribution >= 0.6 is 0 Å². The number of aromatic nitrogens is 3. The first-order valence-corrected chi connectivity index (χ1v) is 13.3. The number of rotatable bonds is 9. The number of hydrogen-bond acceptors (Lipinski definition) is 7. The number of anilines is 2. The number of nitrogens with one attached hydrogen (secondary N) is 2. The molecule has 1 saturated heterocycles. The Labute approximate surface area is 232 Å². The zero-order valence-corrected chi connectivity index (χ0v) is 22.3. The number of H-pyrrole nitrogens is 1. The summed E-state index contributed by atoms with van der Waals surface area (Å²) in [5.74, 6) is 1.69. The number of ether oxygens (including phenoxy) is 1. The van der Waals surface area contributed by atoms with Gasteiger partial charge in [-0.05, 0) is 67.3 Å². The van der Waals surface area contributed by atoms with Crippen molar-refractivity contribution in [1.29, 1.82) is 5.26 Å². The summed E-state index contributed by atoms with van der Waals surface area (Å²) in [4.78, 5) is 40.8. The maximum atomic E-state index is 13.5. The van der Waals surface area contributed by atoms with Crippen LogP contribution < -0.4 is 15.0 Å². The third-order valence-corrected chi connectivity index (χ3v) is 7.07. The van der Waals surface area contributed by atoms with Crippen molar-refractivity contribution in [3.63, 3.8) is 0 Å². The van der Waals surface area contributed by atoms with E-state index in [1.807, 2.05) is 58.5 Å². The Morgan fingerprint density at radius 1 is 1.15 bits per heavy atom. The lowest BCUT2D eigenvalue weighted by molar-refractivity contribution is -0.118. The number of hydrogen-bond donors (Lipinski definition) is 2. The summed E-state index contributed by atoms with van der Waals surface area (Å²) in [5.41, 5.74) is 2.73. The summed E-state index contributed by atoms with van der Waals surface area (Å²) < 4.78 is 5.92. The molecule has 5 rings (SSSR count). The molecule has 0 spiro atoms. The van der Waals surface area contributed by atoms with E-state index in [1.54, 1.807) is 12.1 Å². The van der Waals surface area contributed by atoms with Gasteiger partial charge in [0.05, 0.1) is 23.6 Å². The largest absolute Gasteiger partial charge is 0.493 e. The molecule has 204 valence electrons. The van der Waals surface area contributed by atoms with E-state index in [2.05, 4.69) is 26.3 Å². The molecule has 2 N–H and O–H groups in total. The summed E-state index contributed by atoms with van der Waals surface area (Å²) in [7, 11) is 0. The Hall–Kier alpha value is -4.91. The van der Waals surface area contributed by atoms with Crippen molar-refractivity contribution in [3.8, 4) is 11.8 Å². The second kappa shape index (κ2) is 12.3. The summed E-state index contributed by atoms with van der Waals surface area (Å²) in [6.07, 6.45) is 5.03. The zero-order chi connectivity index (χ0) is 27.9. The van der Waals surface area contributed by atoms with E-state index < -0.39 is 0 Å². The van der Waals surface area contributed by atoms with E-state index in [-0.39, 0.29) is 11.8 Å². The standard InChI is InChI=1S/C30H31N7O3/c1-21(38)32-13-16-37(29-27-9-12-33-28(27)34-20-35-29)25-4-2-3-24(17-25)30(39)36-14-10-23(11-15-36)19-40-26-7-5-22(18-31)6-8-26/h2-9,12,17,20,23H,10-11,13-16,19H2,1H3,(H,32,38)(H,33,34,35). The predicted molar refractivity (Wildman–Crippen MR) is 151 cm³/mol. The molecule has 1 aliphatic rings. The Balaban J connectivity index is 1.26. The van der Waals surface area contributed by atoms with Crippen molar-refractivity contribution in [2.45, 2.75) is 19.8 Å². The van der Waals surface area contributed by atoms with Crippen LogP contribution in [0, 0.1) is 17.2 Å². The predicted octanol–water partition coefficient (Wildman–Crippen LogP) is 4.03. The average Bonchev–Trinajstić information content (AvgIpc) is 3.48. The Morgan fingerprint density at radius 2 is 1.95 bits per heavy atom. The number of likely N-dealkylation sites (tertiary alicyclic amines) is 1. The van der Waals surface area contributed by atoms with E-state index in [1.165, 1.54) is 13.3 Å². The lowest BCUT2D eigenvalue weighted by atomic mass is 9.97. The fourth-order valence-corrected chi connectivity index (χ4v) is 4.91. The topological polar surface area (TPSA) is 127 Å². The van der Waals surface area contributed by atoms with Gasteiger partial charge in [-0.1, -0.05) is 6.07 Å². The van der Waals surface area contributed by atoms with Crippen LogP contribution in [0.25, 0.3) is 11.0 Å². The van der Waals surface area contributed by atoms with Gasteiger partial charge in [0.25, 0.3) is 5.91 Å². The first-order valence-electron chi connectivity index (χ1n) is 13.3. The van der Waals surface area contributed by atoms with Crippen LogP contribution in [0.4, 0.5) is 11.5 Å². The van der Waals surface area contributed by atoms with Gasteiger partial charge in [-0.15, -0.1) is 0 Å². The fraction of sp³-hybridized carbons (Fsp3) is 0.300. The third kappa shape index (κ3) is 6.21. The second-order valence-electron chi connectivity index (χ2n) is 9.80. The van der Waals surface area contributed by atoms with Gasteiger partial charge >= 0.3 is 0 Å². The smallest absolute Gasteiger partial charge is 0.253 e. The maximum absolute atomic E-state index is 13.5. The molecule has 1 aliphatic heterocycles. The van der Waals surface area contributed by atoms with E-state index in [0.29, 0.717) is 61.3 Å². The summed E-state index contributed by atoms with van der Waals surface area (Å²) in [5, 5.41) is 12.6. The Morgan fingerprint density at radius 3 is 2.70 bits per heavy atom. The van der Waals surface area contributed by atoms with Gasteiger partial charge in [0, 0.05) is 50.6 Å². The molecule has 2 aromatic carbocycles. The number of carbonyl (C=O) groups excluding carboxylic acids is 2. The fourth-order valence-electron chi connectivity index (χ4n) is 4.91. The molecule has 2 aromatic heterocycles. The molecule has 0 saturated carbocycles. The van der Waals surface area contributed by atoms with Crippen LogP contribution in [0.5, 0.6) is 5.75 Å². The van der Waals surface area contributed by atoms with E-state index in [9.17, 15) is 9.59 Å². The van der Waals surface area contributed by atoms with Gasteiger partial charge in [0.1, 0.15) is 23.5 Å². The van der Waals surface area contributed by atoms with Crippen molar-refractivity contribution >= 4 is 34.4 Å². The first kappa shape index (κ1) is 26.7. The van der Waals surface area contributed by atoms with Crippen molar-refractivity contribution in [3.05, 3.63) is 78.2 Å². The number of aromatic amines is 1. The number of fused-ring (bicyclic) bond motifs is 1. The number of benzene rings is 2. The molecule has 3 heterocycles. The van der Waals surface area contributed by atoms with Gasteiger partial charge in [-0.25, -0.2) is 9.97 Å². The van der Waals surface area contributed by atoms with Crippen LogP contribution in [0.2, 0.25) is 0 Å². The summed E-state index contributed by atoms with van der Waals surface area (Å²) >= 11 is 0. The normalized spacial score (nSPS) is 13.6. The van der Waals surface area contributed by atoms with Crippen LogP contribution in [-0.2, 0) is 4.79 Å². The summed E-state index contributed by atoms with van der Waals surface area (Å²) in [6.45, 7) is 4.28. The monoisotopic (exact) mass is 537 g/mol. The molecular weight excluding hydrogens is 506 g/mol. The minimum atomic E-state index is -0.107. The molecule has 40 heavy (non-hydrogen) atoms. The second-order valence-corrected chi connectivity index (χ2v) is 9.80. The SMILES string of the molecule is CC(=O)NCCN(c1cccc(C(=O)N2CCC(COc3ccc(C#N)cc3)CC2)c1)c1ncnc2[nH]ccc12. The first-order chi connectivity index (χ1) is 19.5. The molecule has 0 bridgehead atoms. The number of piperidine rings is 1. The molecule has 2 amide bonds. The number of nitrogens with zero attached hydrogens (tertiary/aromatic N) is 5. The molecule has 0 atom stereocenters. The highest BCUT2D eigenvalue weighted by Crippen LogP contribution is 2.30. The van der Waals surface area contributed by atoms with Gasteiger partial charge in [0.2, 0.25) is 5.91 Å². The van der Waals surface area contributed by atoms with E-state index in [0.717, 1.165) is 29.7 Å². The zero-order valence-electron chi connectivity index (χ0n) is 22.3. The lowest BCUT2D eigenvalue weighted by Gasteiger charge is -2.32. The van der Waals surface area contributed by atoms with Gasteiger partial charge < -0.3 is 24.8 Å². The number of carbonyl (C=O) groups is 2. The molecule has 1 fully saturated rings. The van der Waals surface area contributed by atoms with Crippen molar-refractivity contribution in [2.24, 2.45) is 5.92 Å². The minimum absolute atomic E-state index is 0.00963. The molecule has 10 nitrogen and oxygen atoms in total. The molecular formula is C30H31N7O3. The average molecular weight is 538 g/mol. The molecule has 10 heteroatoms. The van der Waals surface area contributed by atoms with Crippen molar-refractivity contribution in [2.75, 3.05) is 37.7 Å². The van der Waals surface area contributed by atoms with Crippen LogP contribution in [-0.4, -0.2) is 64.5 Å². The number of nitriles is 1. The molecule has 0 radical (unpaired) electrons. The Bertz CT molecular complexity index is 1520. The van der Waals surface area contributed by atoms with Crippen LogP contribution in [0.1, 0.15) is 35.7 Å². The van der Waals surface area contributed by atoms with E-state index >= 15 is 0 Å². The van der Waals surface area contributed by atoms with Crippen LogP contribution in [0.15, 0.2) is 67.1 Å². The molecule has 0 aliphatic carbocycles. The summed E-state index contributed by atoms with van der Waals surface area (Å²) in [6, 6.07) is 18.7. The van der Waals surface area contributed by atoms with Crippen LogP contribution in [0.3, 0.4) is 0 Å². The number of amides is 2. The maximum Gasteiger partial charge on any atom is 0.253 e. The highest BCUT2D eigenvalue weighted by atomic mass is 16.5. The quantitative estimate of drug-likeness (QED) is 0.330. The third-order valence-electron chi connectivity index (χ3n) is 7.07. The highest BCUT2D eigenvalue weighted by Gasteiger charge is 2.25. The van der Waals surface area contributed by atoms with Gasteiger partial charge in [0.15, 0.2) is 0 Å². The van der Waals surface area contributed by atoms with Crippen molar-refractivity contribution in [1.82, 2.24) is 25.2 Å². The van der Waals surface area contributed by atoms with E-state index in [4.69, 9.17) is 10.00 Å². The molecule has 0 unspecified atom stereocenters. The lowest BCUT2D eigenvalue weighted by Crippen LogP contribution is -2.39. The highest BCUT2D eigenvalue weighted by molar-refractivity contribution is 5.96. The van der Waals surface area contributed by atoms with Crippen molar-refractivity contribution < 1.29 is 14.3 Å². The van der Waals surface area contributed by atoms with Gasteiger partial charge in [-0.3, -0.25) is 9.59 Å².